The molecule has 3 aliphatic rings. The van der Waals surface area contributed by atoms with Crippen molar-refractivity contribution in [2.45, 2.75) is 25.7 Å². The molecule has 0 N–H and O–H groups in total. The van der Waals surface area contributed by atoms with E-state index in [0.29, 0.717) is 44.1 Å². The summed E-state index contributed by atoms with van der Waals surface area (Å²) in [6, 6.07) is 13.5. The summed E-state index contributed by atoms with van der Waals surface area (Å²) in [5.41, 5.74) is 2.10. The monoisotopic (exact) mass is 518 g/mol. The van der Waals surface area contributed by atoms with Crippen molar-refractivity contribution in [3.8, 4) is 0 Å². The first-order chi connectivity index (χ1) is 15.8. The number of carbonyl (C=O) groups is 1. The Morgan fingerprint density at radius 1 is 1.03 bits per heavy atom. The second kappa shape index (κ2) is 8.61. The zero-order valence-electron chi connectivity index (χ0n) is 17.8. The lowest BCUT2D eigenvalue weighted by Crippen LogP contribution is -2.53. The molecule has 3 aliphatic heterocycles. The highest BCUT2D eigenvalue weighted by Gasteiger charge is 2.42. The third-order valence-electron chi connectivity index (χ3n) is 6.23. The van der Waals surface area contributed by atoms with E-state index in [1.807, 2.05) is 23.1 Å². The average Bonchev–Trinajstić information content (AvgIpc) is 3.26. The van der Waals surface area contributed by atoms with Crippen molar-refractivity contribution in [3.05, 3.63) is 81.0 Å². The predicted octanol–water partition coefficient (Wildman–Crippen LogP) is 4.64. The van der Waals surface area contributed by atoms with Crippen LogP contribution >= 0.6 is 15.9 Å². The number of halogens is 4. The van der Waals surface area contributed by atoms with Gasteiger partial charge in [0.2, 0.25) is 5.96 Å². The van der Waals surface area contributed by atoms with E-state index >= 15 is 0 Å². The quantitative estimate of drug-likeness (QED) is 0.591. The van der Waals surface area contributed by atoms with Crippen LogP contribution in [0.25, 0.3) is 0 Å². The van der Waals surface area contributed by atoms with Gasteiger partial charge >= 0.3 is 6.18 Å². The molecule has 0 radical (unpaired) electrons. The lowest BCUT2D eigenvalue weighted by atomic mass is 9.99. The summed E-state index contributed by atoms with van der Waals surface area (Å²) in [5, 5.41) is 0. The van der Waals surface area contributed by atoms with E-state index in [4.69, 9.17) is 0 Å². The van der Waals surface area contributed by atoms with Crippen LogP contribution in [0.15, 0.2) is 69.3 Å². The van der Waals surface area contributed by atoms with Crippen molar-refractivity contribution in [1.29, 1.82) is 0 Å². The van der Waals surface area contributed by atoms with Gasteiger partial charge in [-0.2, -0.15) is 13.2 Å². The maximum absolute atomic E-state index is 13.6. The third kappa shape index (κ3) is 4.31. The Bertz CT molecular complexity index is 1160. The molecule has 9 heteroatoms. The molecule has 0 aromatic heterocycles. The minimum Gasteiger partial charge on any atom is -0.314 e. The first kappa shape index (κ1) is 22.2. The molecule has 0 aliphatic carbocycles. The highest BCUT2D eigenvalue weighted by atomic mass is 79.9. The number of hydrogen-bond donors (Lipinski definition) is 0. The Labute approximate surface area is 198 Å². The van der Waals surface area contributed by atoms with Gasteiger partial charge in [0.1, 0.15) is 0 Å². The molecule has 0 spiro atoms. The van der Waals surface area contributed by atoms with Crippen LogP contribution in [-0.2, 0) is 24.1 Å². The van der Waals surface area contributed by atoms with Gasteiger partial charge in [0.25, 0.3) is 5.91 Å². The fourth-order valence-corrected chi connectivity index (χ4v) is 5.20. The van der Waals surface area contributed by atoms with Gasteiger partial charge in [0, 0.05) is 42.8 Å². The van der Waals surface area contributed by atoms with E-state index < -0.39 is 11.7 Å². The molecule has 0 fully saturated rings. The normalized spacial score (nSPS) is 19.0. The van der Waals surface area contributed by atoms with Crippen LogP contribution in [0, 0.1) is 0 Å². The standard InChI is InChI=1S/C24H22BrF3N4O/c25-18-6-3-4-16(12-18)13-30-10-8-21-19(15-30)22(33)32(23-29-9-11-31(21)23)14-17-5-1-2-7-20(17)24(26,27)28/h1-7,12H,8-11,13-15H2. The molecule has 0 saturated heterocycles. The van der Waals surface area contributed by atoms with Gasteiger partial charge in [-0.05, 0) is 29.3 Å². The van der Waals surface area contributed by atoms with E-state index in [-0.39, 0.29) is 18.0 Å². The van der Waals surface area contributed by atoms with Gasteiger partial charge in [-0.3, -0.25) is 19.6 Å². The van der Waals surface area contributed by atoms with E-state index in [0.717, 1.165) is 28.3 Å². The van der Waals surface area contributed by atoms with Crippen molar-refractivity contribution >= 4 is 27.8 Å². The van der Waals surface area contributed by atoms with Crippen LogP contribution in [0.5, 0.6) is 0 Å². The first-order valence-electron chi connectivity index (χ1n) is 10.8. The third-order valence-corrected chi connectivity index (χ3v) is 6.72. The molecule has 1 amide bonds. The summed E-state index contributed by atoms with van der Waals surface area (Å²) in [5.74, 6) is 0.217. The molecule has 0 atom stereocenters. The van der Waals surface area contributed by atoms with Crippen molar-refractivity contribution in [3.63, 3.8) is 0 Å². The molecule has 3 heterocycles. The van der Waals surface area contributed by atoms with Crippen LogP contribution < -0.4 is 0 Å². The summed E-state index contributed by atoms with van der Waals surface area (Å²) in [6.45, 7) is 2.97. The summed E-state index contributed by atoms with van der Waals surface area (Å²) in [4.78, 5) is 23.7. The Kier molecular flexibility index (Phi) is 5.78. The lowest BCUT2D eigenvalue weighted by Gasteiger charge is -2.42. The van der Waals surface area contributed by atoms with E-state index in [2.05, 4.69) is 31.9 Å². The number of guanidine groups is 1. The van der Waals surface area contributed by atoms with E-state index in [1.165, 1.54) is 17.0 Å². The number of alkyl halides is 3. The van der Waals surface area contributed by atoms with Crippen LogP contribution in [0.3, 0.4) is 0 Å². The van der Waals surface area contributed by atoms with Crippen molar-refractivity contribution in [2.75, 3.05) is 26.2 Å². The molecular weight excluding hydrogens is 497 g/mol. The van der Waals surface area contributed by atoms with Gasteiger partial charge in [0.05, 0.1) is 24.2 Å². The van der Waals surface area contributed by atoms with E-state index in [9.17, 15) is 18.0 Å². The Balaban J connectivity index is 1.43. The fourth-order valence-electron chi connectivity index (χ4n) is 4.75. The van der Waals surface area contributed by atoms with E-state index in [1.54, 1.807) is 6.07 Å². The number of amides is 1. The average molecular weight is 519 g/mol. The van der Waals surface area contributed by atoms with Crippen molar-refractivity contribution < 1.29 is 18.0 Å². The molecule has 5 nitrogen and oxygen atoms in total. The summed E-state index contributed by atoms with van der Waals surface area (Å²) in [7, 11) is 0. The second-order valence-corrected chi connectivity index (χ2v) is 9.31. The number of benzene rings is 2. The number of nitrogens with zero attached hydrogens (tertiary/aromatic N) is 4. The van der Waals surface area contributed by atoms with Gasteiger partial charge in [-0.25, -0.2) is 0 Å². The highest BCUT2D eigenvalue weighted by Crippen LogP contribution is 2.35. The Hall–Kier alpha value is -2.65. The fraction of sp³-hybridized carbons (Fsp3) is 0.333. The second-order valence-electron chi connectivity index (χ2n) is 8.40. The molecule has 5 rings (SSSR count). The molecule has 0 unspecified atom stereocenters. The van der Waals surface area contributed by atoms with Crippen molar-refractivity contribution in [2.24, 2.45) is 4.99 Å². The lowest BCUT2D eigenvalue weighted by molar-refractivity contribution is -0.139. The highest BCUT2D eigenvalue weighted by molar-refractivity contribution is 9.10. The number of aliphatic imine (C=N–C) groups is 1. The maximum Gasteiger partial charge on any atom is 0.416 e. The summed E-state index contributed by atoms with van der Waals surface area (Å²) < 4.78 is 41.7. The minimum absolute atomic E-state index is 0.0683. The largest absolute Gasteiger partial charge is 0.416 e. The zero-order valence-corrected chi connectivity index (χ0v) is 19.4. The molecule has 33 heavy (non-hydrogen) atoms. The topological polar surface area (TPSA) is 39.2 Å². The van der Waals surface area contributed by atoms with Gasteiger partial charge in [-0.15, -0.1) is 0 Å². The molecular formula is C24H22BrF3N4O. The predicted molar refractivity (Wildman–Crippen MR) is 122 cm³/mol. The SMILES string of the molecule is O=C1C2=C(CCN(Cc3cccc(Br)c3)C2)N2CCN=C2N1Cc1ccccc1C(F)(F)F. The molecule has 2 aromatic carbocycles. The Morgan fingerprint density at radius 2 is 1.85 bits per heavy atom. The summed E-state index contributed by atoms with van der Waals surface area (Å²) in [6.07, 6.45) is -3.77. The smallest absolute Gasteiger partial charge is 0.314 e. The molecule has 0 bridgehead atoms. The Morgan fingerprint density at radius 3 is 2.64 bits per heavy atom. The van der Waals surface area contributed by atoms with Crippen LogP contribution in [0.1, 0.15) is 23.1 Å². The number of fused-ring (bicyclic) bond motifs is 2. The summed E-state index contributed by atoms with van der Waals surface area (Å²) >= 11 is 3.49. The van der Waals surface area contributed by atoms with Gasteiger partial charge < -0.3 is 4.90 Å². The molecule has 172 valence electrons. The van der Waals surface area contributed by atoms with Crippen LogP contribution in [-0.4, -0.2) is 52.7 Å². The number of rotatable bonds is 4. The molecule has 0 saturated carbocycles. The van der Waals surface area contributed by atoms with Crippen LogP contribution in [0.4, 0.5) is 13.2 Å². The number of hydrogen-bond acceptors (Lipinski definition) is 4. The molecule has 2 aromatic rings. The van der Waals surface area contributed by atoms with Crippen molar-refractivity contribution in [1.82, 2.24) is 14.7 Å². The van der Waals surface area contributed by atoms with Crippen LogP contribution in [0.2, 0.25) is 0 Å². The first-order valence-corrected chi connectivity index (χ1v) is 11.6. The minimum atomic E-state index is -4.48. The zero-order chi connectivity index (χ0) is 23.2. The maximum atomic E-state index is 13.6. The number of carbonyl (C=O) groups excluding carboxylic acids is 1. The van der Waals surface area contributed by atoms with Gasteiger partial charge in [-0.1, -0.05) is 46.3 Å². The van der Waals surface area contributed by atoms with Gasteiger partial charge in [0.15, 0.2) is 0 Å².